The van der Waals surface area contributed by atoms with Crippen LogP contribution in [0.1, 0.15) is 40.7 Å². The van der Waals surface area contributed by atoms with Gasteiger partial charge in [0.1, 0.15) is 0 Å². The summed E-state index contributed by atoms with van der Waals surface area (Å²) in [6.07, 6.45) is 6.23. The zero-order valence-electron chi connectivity index (χ0n) is 19.6. The predicted octanol–water partition coefficient (Wildman–Crippen LogP) is 1.28. The second kappa shape index (κ2) is 11.5. The van der Waals surface area contributed by atoms with Gasteiger partial charge in [0.05, 0.1) is 24.8 Å². The molecule has 0 spiro atoms. The number of benzene rings is 1. The average Bonchev–Trinajstić information content (AvgIpc) is 3.47. The van der Waals surface area contributed by atoms with E-state index in [-0.39, 0.29) is 54.8 Å². The molecule has 1 aromatic heterocycles. The van der Waals surface area contributed by atoms with Gasteiger partial charge in [-0.05, 0) is 66.3 Å². The van der Waals surface area contributed by atoms with Crippen LogP contribution < -0.4 is 14.3 Å². The number of carbonyl (C=O) groups excluding carboxylic acids is 1. The third kappa shape index (κ3) is 6.17. The second-order valence-corrected chi connectivity index (χ2v) is 10.2. The Bertz CT molecular complexity index is 1110. The van der Waals surface area contributed by atoms with Gasteiger partial charge in [-0.2, -0.15) is 13.5 Å². The van der Waals surface area contributed by atoms with Gasteiger partial charge in [0.25, 0.3) is 6.43 Å². The van der Waals surface area contributed by atoms with Crippen molar-refractivity contribution >= 4 is 51.4 Å². The number of nitrogens with one attached hydrogen (secondary N) is 2. The van der Waals surface area contributed by atoms with Crippen LogP contribution in [0.5, 0.6) is 0 Å². The van der Waals surface area contributed by atoms with Crippen LogP contribution in [0, 0.1) is 0 Å². The molecule has 0 fully saturated rings. The molecule has 1 radical (unpaired) electrons. The maximum atomic E-state index is 13.1. The van der Waals surface area contributed by atoms with Crippen LogP contribution in [-0.4, -0.2) is 79.7 Å². The smallest absolute Gasteiger partial charge is 0.310 e. The Kier molecular flexibility index (Phi) is 9.13. The number of hydrogen-bond acceptors (Lipinski definition) is 5. The molecule has 0 bridgehead atoms. The molecule has 2 N–H and O–H groups in total. The van der Waals surface area contributed by atoms with Crippen molar-refractivity contribution in [3.8, 4) is 0 Å². The van der Waals surface area contributed by atoms with E-state index in [1.165, 1.54) is 39.3 Å². The molecule has 2 aromatic rings. The Morgan fingerprint density at radius 2 is 1.82 bits per heavy atom. The van der Waals surface area contributed by atoms with Gasteiger partial charge in [0, 0.05) is 55.9 Å². The molecule has 2 aliphatic rings. The first-order valence-electron chi connectivity index (χ1n) is 11.2. The van der Waals surface area contributed by atoms with Crippen LogP contribution in [0.2, 0.25) is 0 Å². The summed E-state index contributed by atoms with van der Waals surface area (Å²) in [4.78, 5) is 12.9. The molecule has 0 saturated carbocycles. The number of halogens is 2. The summed E-state index contributed by atoms with van der Waals surface area (Å²) < 4.78 is 55.7. The molecular formula is C22H29F2N5NaO3S. The number of anilines is 1. The van der Waals surface area contributed by atoms with Crippen LogP contribution in [0.3, 0.4) is 0 Å². The SMILES string of the molecule is Cn1cc(N(CCNCC(F)F)S(=O)(=O)NC(=O)Cc2c3c(cc4c2CCC4)CCC3)cn1.[Na]. The Labute approximate surface area is 220 Å². The zero-order valence-corrected chi connectivity index (χ0v) is 22.4. The van der Waals surface area contributed by atoms with Crippen molar-refractivity contribution in [2.75, 3.05) is 23.9 Å². The Morgan fingerprint density at radius 3 is 2.38 bits per heavy atom. The van der Waals surface area contributed by atoms with Gasteiger partial charge in [-0.25, -0.2) is 17.8 Å². The van der Waals surface area contributed by atoms with E-state index >= 15 is 0 Å². The van der Waals surface area contributed by atoms with E-state index < -0.39 is 29.1 Å². The molecule has 0 aliphatic heterocycles. The van der Waals surface area contributed by atoms with Crippen molar-refractivity contribution < 1.29 is 22.0 Å². The quantitative estimate of drug-likeness (QED) is 0.376. The molecule has 1 aromatic carbocycles. The molecule has 34 heavy (non-hydrogen) atoms. The first-order chi connectivity index (χ1) is 15.7. The molecular weight excluding hydrogens is 475 g/mol. The van der Waals surface area contributed by atoms with Crippen LogP contribution in [-0.2, 0) is 54.2 Å². The van der Waals surface area contributed by atoms with E-state index in [4.69, 9.17) is 0 Å². The first kappa shape index (κ1) is 27.1. The standard InChI is InChI=1S/C22H29F2N5O3S.Na/c1-28-14-17(12-26-28)29(9-8-25-13-21(23)24)33(31,32)27-22(30)11-20-18-6-2-4-15(18)10-16-5-3-7-19(16)20;/h10,12,14,21,25H,2-9,11,13H2,1H3,(H,27,30);. The van der Waals surface area contributed by atoms with Crippen molar-refractivity contribution in [3.05, 3.63) is 46.3 Å². The van der Waals surface area contributed by atoms with Crippen molar-refractivity contribution in [3.63, 3.8) is 0 Å². The van der Waals surface area contributed by atoms with E-state index in [1.807, 2.05) is 0 Å². The molecule has 4 rings (SSSR count). The fraction of sp³-hybridized carbons (Fsp3) is 0.545. The molecule has 1 heterocycles. The van der Waals surface area contributed by atoms with Gasteiger partial charge < -0.3 is 5.32 Å². The van der Waals surface area contributed by atoms with E-state index in [1.54, 1.807) is 7.05 Å². The topological polar surface area (TPSA) is 96.3 Å². The zero-order chi connectivity index (χ0) is 23.6. The number of nitrogens with zero attached hydrogens (tertiary/aromatic N) is 3. The van der Waals surface area contributed by atoms with Gasteiger partial charge in [-0.3, -0.25) is 9.48 Å². The van der Waals surface area contributed by atoms with Crippen molar-refractivity contribution in [2.45, 2.75) is 51.4 Å². The van der Waals surface area contributed by atoms with E-state index in [0.29, 0.717) is 0 Å². The fourth-order valence-electron chi connectivity index (χ4n) is 4.86. The largest absolute Gasteiger partial charge is 0.326 e. The van der Waals surface area contributed by atoms with Gasteiger partial charge in [0.2, 0.25) is 5.91 Å². The average molecular weight is 505 g/mol. The number of amides is 1. The molecule has 8 nitrogen and oxygen atoms in total. The van der Waals surface area contributed by atoms with E-state index in [0.717, 1.165) is 48.4 Å². The number of fused-ring (bicyclic) bond motifs is 2. The van der Waals surface area contributed by atoms with Gasteiger partial charge in [-0.15, -0.1) is 0 Å². The Morgan fingerprint density at radius 1 is 1.18 bits per heavy atom. The number of rotatable bonds is 10. The maximum absolute atomic E-state index is 13.1. The minimum absolute atomic E-state index is 0. The van der Waals surface area contributed by atoms with Crippen LogP contribution >= 0.6 is 0 Å². The van der Waals surface area contributed by atoms with Crippen LogP contribution in [0.25, 0.3) is 0 Å². The predicted molar refractivity (Wildman–Crippen MR) is 126 cm³/mol. The van der Waals surface area contributed by atoms with Gasteiger partial charge in [-0.1, -0.05) is 6.07 Å². The van der Waals surface area contributed by atoms with E-state index in [2.05, 4.69) is 21.2 Å². The van der Waals surface area contributed by atoms with Crippen molar-refractivity contribution in [1.29, 1.82) is 0 Å². The Balaban J connectivity index is 0.00000324. The van der Waals surface area contributed by atoms with Crippen molar-refractivity contribution in [2.24, 2.45) is 7.05 Å². The molecule has 12 heteroatoms. The van der Waals surface area contributed by atoms with Gasteiger partial charge >= 0.3 is 10.2 Å². The van der Waals surface area contributed by atoms with Crippen molar-refractivity contribution in [1.82, 2.24) is 19.8 Å². The monoisotopic (exact) mass is 504 g/mol. The summed E-state index contributed by atoms with van der Waals surface area (Å²) in [6.45, 7) is -0.678. The number of carbonyl (C=O) groups is 1. The van der Waals surface area contributed by atoms with E-state index in [9.17, 15) is 22.0 Å². The normalized spacial score (nSPS) is 14.6. The number of aryl methyl sites for hydroxylation is 3. The Hall–Kier alpha value is -1.53. The summed E-state index contributed by atoms with van der Waals surface area (Å²) in [5, 5.41) is 6.51. The minimum atomic E-state index is -4.26. The summed E-state index contributed by atoms with van der Waals surface area (Å²) in [5.74, 6) is -0.598. The first-order valence-corrected chi connectivity index (χ1v) is 12.6. The summed E-state index contributed by atoms with van der Waals surface area (Å²) in [6, 6.07) is 2.26. The molecule has 0 saturated heterocycles. The molecule has 181 valence electrons. The fourth-order valence-corrected chi connectivity index (χ4v) is 6.03. The second-order valence-electron chi connectivity index (χ2n) is 8.58. The summed E-state index contributed by atoms with van der Waals surface area (Å²) in [5.41, 5.74) is 6.19. The summed E-state index contributed by atoms with van der Waals surface area (Å²) >= 11 is 0. The van der Waals surface area contributed by atoms with Crippen LogP contribution in [0.15, 0.2) is 18.5 Å². The molecule has 2 aliphatic carbocycles. The third-order valence-electron chi connectivity index (χ3n) is 6.24. The number of alkyl halides is 2. The minimum Gasteiger partial charge on any atom is -0.310 e. The molecule has 0 unspecified atom stereocenters. The molecule has 1 amide bonds. The molecule has 0 atom stereocenters. The number of aromatic nitrogens is 2. The summed E-state index contributed by atoms with van der Waals surface area (Å²) in [7, 11) is -2.62. The number of hydrogen-bond donors (Lipinski definition) is 2. The maximum Gasteiger partial charge on any atom is 0.326 e. The van der Waals surface area contributed by atoms with Gasteiger partial charge in [0.15, 0.2) is 0 Å². The third-order valence-corrected chi connectivity index (χ3v) is 7.70. The van der Waals surface area contributed by atoms with Crippen LogP contribution in [0.4, 0.5) is 14.5 Å².